The Morgan fingerprint density at radius 3 is 2.27 bits per heavy atom. The standard InChI is InChI=1S/C6H11FO4/c1-6(7)4(9)3(2-8)11-5(6)10/h3-5,8-10H,2H2,1H3/t3-,4-,5?,6+/m1/s1. The molecule has 0 saturated carbocycles. The Morgan fingerprint density at radius 2 is 2.09 bits per heavy atom. The van der Waals surface area contributed by atoms with Crippen LogP contribution in [0.15, 0.2) is 0 Å². The molecule has 0 aromatic carbocycles. The molecule has 1 saturated heterocycles. The minimum absolute atomic E-state index is 0.502. The molecule has 4 atom stereocenters. The fourth-order valence-corrected chi connectivity index (χ4v) is 1.03. The van der Waals surface area contributed by atoms with E-state index < -0.39 is 30.8 Å². The van der Waals surface area contributed by atoms with Crippen molar-refractivity contribution in [3.8, 4) is 0 Å². The van der Waals surface area contributed by atoms with Gasteiger partial charge in [0.15, 0.2) is 12.0 Å². The second kappa shape index (κ2) is 2.67. The molecule has 0 amide bonds. The van der Waals surface area contributed by atoms with E-state index in [1.165, 1.54) is 0 Å². The van der Waals surface area contributed by atoms with Gasteiger partial charge in [0.2, 0.25) is 0 Å². The van der Waals surface area contributed by atoms with Crippen molar-refractivity contribution in [3.05, 3.63) is 0 Å². The van der Waals surface area contributed by atoms with Gasteiger partial charge in [0.1, 0.15) is 12.2 Å². The molecule has 66 valence electrons. The van der Waals surface area contributed by atoms with Crippen LogP contribution in [0.3, 0.4) is 0 Å². The summed E-state index contributed by atoms with van der Waals surface area (Å²) in [5.74, 6) is 0. The van der Waals surface area contributed by atoms with Crippen LogP contribution in [0, 0.1) is 0 Å². The first-order chi connectivity index (χ1) is 5.00. The molecule has 0 radical (unpaired) electrons. The van der Waals surface area contributed by atoms with E-state index in [9.17, 15) is 4.39 Å². The van der Waals surface area contributed by atoms with Crippen molar-refractivity contribution in [2.24, 2.45) is 0 Å². The zero-order chi connectivity index (χ0) is 8.65. The molecule has 0 aliphatic carbocycles. The van der Waals surface area contributed by atoms with Gasteiger partial charge in [0.05, 0.1) is 6.61 Å². The maximum absolute atomic E-state index is 13.1. The smallest absolute Gasteiger partial charge is 0.192 e. The average Bonchev–Trinajstić information content (AvgIpc) is 2.14. The van der Waals surface area contributed by atoms with Gasteiger partial charge in [-0.15, -0.1) is 0 Å². The van der Waals surface area contributed by atoms with E-state index in [0.717, 1.165) is 6.92 Å². The summed E-state index contributed by atoms with van der Waals surface area (Å²) in [4.78, 5) is 0. The molecule has 11 heavy (non-hydrogen) atoms. The molecule has 0 aromatic rings. The Morgan fingerprint density at radius 1 is 1.55 bits per heavy atom. The largest absolute Gasteiger partial charge is 0.394 e. The minimum atomic E-state index is -2.19. The summed E-state index contributed by atoms with van der Waals surface area (Å²) in [6.07, 6.45) is -4.16. The highest BCUT2D eigenvalue weighted by Crippen LogP contribution is 2.32. The van der Waals surface area contributed by atoms with Crippen molar-refractivity contribution in [2.75, 3.05) is 6.61 Å². The number of alkyl halides is 1. The number of hydrogen-bond acceptors (Lipinski definition) is 4. The molecule has 1 fully saturated rings. The van der Waals surface area contributed by atoms with Gasteiger partial charge in [-0.2, -0.15) is 0 Å². The Labute approximate surface area is 63.2 Å². The SMILES string of the molecule is C[C@@]1(F)C(O)O[C@H](CO)[C@H]1O. The lowest BCUT2D eigenvalue weighted by molar-refractivity contribution is -0.143. The Balaban J connectivity index is 2.71. The van der Waals surface area contributed by atoms with Gasteiger partial charge in [-0.3, -0.25) is 0 Å². The van der Waals surface area contributed by atoms with Crippen molar-refractivity contribution >= 4 is 0 Å². The molecule has 1 aliphatic rings. The highest BCUT2D eigenvalue weighted by Gasteiger charge is 2.53. The third kappa shape index (κ3) is 1.24. The first-order valence-electron chi connectivity index (χ1n) is 3.31. The van der Waals surface area contributed by atoms with Crippen molar-refractivity contribution in [1.82, 2.24) is 0 Å². The lowest BCUT2D eigenvalue weighted by Crippen LogP contribution is -2.41. The first-order valence-corrected chi connectivity index (χ1v) is 3.31. The van der Waals surface area contributed by atoms with Gasteiger partial charge in [0, 0.05) is 0 Å². The second-order valence-electron chi connectivity index (χ2n) is 2.81. The van der Waals surface area contributed by atoms with Crippen LogP contribution < -0.4 is 0 Å². The van der Waals surface area contributed by atoms with Crippen LogP contribution in [-0.2, 0) is 4.74 Å². The van der Waals surface area contributed by atoms with Crippen molar-refractivity contribution in [3.63, 3.8) is 0 Å². The van der Waals surface area contributed by atoms with E-state index in [1.54, 1.807) is 0 Å². The van der Waals surface area contributed by atoms with Gasteiger partial charge in [-0.1, -0.05) is 0 Å². The average molecular weight is 166 g/mol. The number of aliphatic hydroxyl groups is 3. The molecule has 0 spiro atoms. The van der Waals surface area contributed by atoms with Crippen molar-refractivity contribution in [2.45, 2.75) is 31.1 Å². The normalized spacial score (nSPS) is 51.5. The zero-order valence-electron chi connectivity index (χ0n) is 6.07. The van der Waals surface area contributed by atoms with E-state index in [2.05, 4.69) is 4.74 Å². The lowest BCUT2D eigenvalue weighted by atomic mass is 10.0. The molecule has 4 nitrogen and oxygen atoms in total. The molecule has 0 aromatic heterocycles. The van der Waals surface area contributed by atoms with E-state index >= 15 is 0 Å². The highest BCUT2D eigenvalue weighted by atomic mass is 19.1. The predicted octanol–water partition coefficient (Wildman–Crippen LogP) is -1.22. The first kappa shape index (κ1) is 8.86. The van der Waals surface area contributed by atoms with Gasteiger partial charge >= 0.3 is 0 Å². The third-order valence-corrected chi connectivity index (χ3v) is 1.90. The number of aliphatic hydroxyl groups excluding tert-OH is 3. The molecule has 1 heterocycles. The molecular weight excluding hydrogens is 155 g/mol. The highest BCUT2D eigenvalue weighted by molar-refractivity contribution is 4.96. The van der Waals surface area contributed by atoms with Crippen molar-refractivity contribution < 1.29 is 24.4 Å². The minimum Gasteiger partial charge on any atom is -0.394 e. The fraction of sp³-hybridized carbons (Fsp3) is 1.00. The van der Waals surface area contributed by atoms with Crippen LogP contribution in [0.5, 0.6) is 0 Å². The van der Waals surface area contributed by atoms with Crippen LogP contribution >= 0.6 is 0 Å². The summed E-state index contributed by atoms with van der Waals surface area (Å²) in [5.41, 5.74) is -2.19. The summed E-state index contributed by atoms with van der Waals surface area (Å²) in [7, 11) is 0. The van der Waals surface area contributed by atoms with Gasteiger partial charge < -0.3 is 20.1 Å². The molecule has 1 aliphatic heterocycles. The summed E-state index contributed by atoms with van der Waals surface area (Å²) >= 11 is 0. The van der Waals surface area contributed by atoms with Crippen molar-refractivity contribution in [1.29, 1.82) is 0 Å². The predicted molar refractivity (Wildman–Crippen MR) is 33.5 cm³/mol. The summed E-state index contributed by atoms with van der Waals surface area (Å²) in [6.45, 7) is 0.524. The third-order valence-electron chi connectivity index (χ3n) is 1.90. The number of ether oxygens (including phenoxy) is 1. The molecule has 0 bridgehead atoms. The molecule has 1 rings (SSSR count). The summed E-state index contributed by atoms with van der Waals surface area (Å²) < 4.78 is 17.6. The maximum Gasteiger partial charge on any atom is 0.192 e. The van der Waals surface area contributed by atoms with Gasteiger partial charge in [-0.25, -0.2) is 4.39 Å². The number of halogens is 1. The lowest BCUT2D eigenvalue weighted by Gasteiger charge is -2.19. The second-order valence-corrected chi connectivity index (χ2v) is 2.81. The Hall–Kier alpha value is -0.230. The Bertz CT molecular complexity index is 150. The van der Waals surface area contributed by atoms with Crippen LogP contribution in [0.1, 0.15) is 6.92 Å². The summed E-state index contributed by atoms with van der Waals surface area (Å²) in [5, 5.41) is 26.5. The van der Waals surface area contributed by atoms with Crippen LogP contribution in [-0.4, -0.2) is 46.1 Å². The number of hydrogen-bond donors (Lipinski definition) is 3. The molecule has 5 heteroatoms. The zero-order valence-corrected chi connectivity index (χ0v) is 6.07. The number of rotatable bonds is 1. The van der Waals surface area contributed by atoms with E-state index in [1.807, 2.05) is 0 Å². The maximum atomic E-state index is 13.1. The summed E-state index contributed by atoms with van der Waals surface area (Å²) in [6, 6.07) is 0. The van der Waals surface area contributed by atoms with Gasteiger partial charge in [0.25, 0.3) is 0 Å². The molecular formula is C6H11FO4. The van der Waals surface area contributed by atoms with E-state index in [4.69, 9.17) is 15.3 Å². The van der Waals surface area contributed by atoms with Crippen LogP contribution in [0.4, 0.5) is 4.39 Å². The topological polar surface area (TPSA) is 69.9 Å². The van der Waals surface area contributed by atoms with Crippen LogP contribution in [0.25, 0.3) is 0 Å². The van der Waals surface area contributed by atoms with Crippen LogP contribution in [0.2, 0.25) is 0 Å². The van der Waals surface area contributed by atoms with Gasteiger partial charge in [-0.05, 0) is 6.92 Å². The van der Waals surface area contributed by atoms with E-state index in [-0.39, 0.29) is 0 Å². The Kier molecular flexibility index (Phi) is 2.15. The monoisotopic (exact) mass is 166 g/mol. The molecule has 3 N–H and O–H groups in total. The molecule has 1 unspecified atom stereocenters. The fourth-order valence-electron chi connectivity index (χ4n) is 1.03. The van der Waals surface area contributed by atoms with E-state index in [0.29, 0.717) is 0 Å². The quantitative estimate of drug-likeness (QED) is 0.457.